The lowest BCUT2D eigenvalue weighted by Gasteiger charge is -3.09. The van der Waals surface area contributed by atoms with E-state index in [0.717, 1.165) is 51.9 Å². The predicted molar refractivity (Wildman–Crippen MR) is 592 cm³/mol. The minimum Gasteiger partial charge on any atom is -0.412 e. The molecule has 6 heterocycles. The van der Waals surface area contributed by atoms with Gasteiger partial charge in [-0.3, -0.25) is 0 Å². The molecule has 149 heavy (non-hydrogen) atoms. The lowest BCUT2D eigenvalue weighted by Crippen LogP contribution is -3.12. The molecule has 28 fully saturated rings. The molecule has 49 atom stereocenters. The number of hydrogen-bond donors (Lipinski definition) is 1. The van der Waals surface area contributed by atoms with Gasteiger partial charge in [0.15, 0.2) is 0 Å². The van der Waals surface area contributed by atoms with Crippen LogP contribution in [0.25, 0.3) is 0 Å². The number of fused-ring (bicyclic) bond motifs is 26. The Kier molecular flexibility index (Phi) is 24.8. The van der Waals surface area contributed by atoms with Crippen LogP contribution in [0.3, 0.4) is 0 Å². The zero-order chi connectivity index (χ0) is 102. The van der Waals surface area contributed by atoms with Crippen molar-refractivity contribution < 1.29 is 94.4 Å². The quantitative estimate of drug-likeness (QED) is 0.0373. The SMILES string of the molecule is CCCCCCCCCCCCCCCCC(C)[N+](C)(C)CCC[Si](OC)(O[Si](OC)(OC)O[Si]1(OC)O[Si]2(O)O[Si]34O[Si]5(O[Si](OC)(O[Si](OC)(OC)O[Si](CCC[N+](C)(C)C(C)CCCCCCCCCCCCCCCC)(OC)O[Si](C)(C)c6ccccc6)C67C8C9CCC9C8C6C6C8C(C67)C6C8C7C8C9C%10C%11C%12C%13C%14C%15C%16C%17C(C%16C%152C%14C%13C%12C%113C%10C9C8C675)C2C%17C3C5C6CCC6C5C231)O4)O[Si](C)(C)c1ccccc1. The Hall–Kier alpha value is -0.0543. The summed E-state index contributed by atoms with van der Waals surface area (Å²) in [6.07, 6.45) is 47.2. The van der Waals surface area contributed by atoms with Crippen LogP contribution in [0.5, 0.6) is 0 Å². The molecule has 6 aliphatic heterocycles. The van der Waals surface area contributed by atoms with Gasteiger partial charge in [-0.15, -0.1) is 0 Å². The summed E-state index contributed by atoms with van der Waals surface area (Å²) < 4.78 is 158. The summed E-state index contributed by atoms with van der Waals surface area (Å²) in [6.45, 7) is 20.6. The maximum atomic E-state index is 16.8. The first-order valence-electron chi connectivity index (χ1n) is 62.5. The summed E-state index contributed by atoms with van der Waals surface area (Å²) in [4.78, 5) is 16.8. The van der Waals surface area contributed by atoms with Crippen LogP contribution in [0.2, 0.25) is 63.5 Å². The van der Waals surface area contributed by atoms with Crippen LogP contribution >= 0.6 is 0 Å². The first-order valence-corrected chi connectivity index (χ1v) is 84.1. The van der Waals surface area contributed by atoms with Crippen molar-refractivity contribution in [2.24, 2.45) is 219 Å². The summed E-state index contributed by atoms with van der Waals surface area (Å²) >= 11 is 0. The van der Waals surface area contributed by atoms with Crippen molar-refractivity contribution in [3.63, 3.8) is 0 Å². The molecule has 28 aliphatic rings. The van der Waals surface area contributed by atoms with E-state index >= 15 is 4.80 Å². The first kappa shape index (κ1) is 104. The second-order valence-electron chi connectivity index (χ2n) is 58.1. The van der Waals surface area contributed by atoms with E-state index < -0.39 is 111 Å². The minimum absolute atomic E-state index is 0.310. The Labute approximate surface area is 906 Å². The third kappa shape index (κ3) is 12.3. The van der Waals surface area contributed by atoms with Gasteiger partial charge in [0.2, 0.25) is 16.6 Å². The van der Waals surface area contributed by atoms with E-state index in [-0.39, 0.29) is 10.1 Å². The van der Waals surface area contributed by atoms with Gasteiger partial charge in [0.1, 0.15) is 0 Å². The smallest absolute Gasteiger partial charge is 0.412 e. The standard InChI is InChI=1S/C116H190N2O20Si11/c1-21-23-25-27-29-31-33-35-37-39-41-43-45-49-57-71(3)117(5,6)67-55-69-141(120-9,128-139(17,18)73-59-51-47-52-60-73)130-148(124-13,125-14)137-144(122-11)113-97-77-65-63-75(77)79(97)99(113)85-81-87-101-88-83-90-103(88)112(101,102(87)89(81)104(85)113)143(119,132-144)133-146-115-106(90)93(83)107(115)94-84-95(108(94)115)111-96(84)110-92-82-86-100-80-76-64-66-78(76)98(80)114(100)105(86)91(82)109(92)116(110,111)147(135-146,136-146)134-145(114,123-12)138-149(126-15,127-16)131-142(121-10,129-140(19,20)74-61-53-48-54-62-74)70-56-68-118(7,8)72(4)58-50-46-44-42-40-38-36-34-32-30-28-26-24-22-2/h47-48,51-54,59-62,71-72,75-111,119H,21-46,49-50,55-58,63-70H2,1-20H3/q+2. The molecule has 49 unspecified atom stereocenters. The Morgan fingerprint density at radius 2 is 0.584 bits per heavy atom. The Balaban J connectivity index is 0.502. The third-order valence-corrected chi connectivity index (χ3v) is 99.7. The highest BCUT2D eigenvalue weighted by molar-refractivity contribution is 7.00. The summed E-state index contributed by atoms with van der Waals surface area (Å²) in [7, 11) is -21.3. The van der Waals surface area contributed by atoms with E-state index in [1.165, 1.54) is 223 Å². The van der Waals surface area contributed by atoms with Gasteiger partial charge in [0.25, 0.3) is 0 Å². The molecule has 826 valence electrons. The molecule has 0 amide bonds. The van der Waals surface area contributed by atoms with E-state index in [0.29, 0.717) is 231 Å². The van der Waals surface area contributed by atoms with Crippen molar-refractivity contribution in [1.29, 1.82) is 0 Å². The van der Waals surface area contributed by atoms with Crippen molar-refractivity contribution in [3.8, 4) is 0 Å². The van der Waals surface area contributed by atoms with E-state index in [4.69, 9.17) is 64.2 Å². The maximum Gasteiger partial charge on any atom is 0.664 e. The van der Waals surface area contributed by atoms with Crippen molar-refractivity contribution >= 4 is 107 Å². The van der Waals surface area contributed by atoms with Gasteiger partial charge in [-0.2, -0.15) is 0 Å². The summed E-state index contributed by atoms with van der Waals surface area (Å²) in [5, 5.41) is 0.112. The van der Waals surface area contributed by atoms with Gasteiger partial charge in [-0.25, -0.2) is 0 Å². The molecular formula is C116H190N2O20Si11+2. The Bertz CT molecular complexity index is 5400. The highest BCUT2D eigenvalue weighted by Gasteiger charge is 3.18. The van der Waals surface area contributed by atoms with Gasteiger partial charge in [0, 0.05) is 107 Å². The zero-order valence-corrected chi connectivity index (χ0v) is 106. The van der Waals surface area contributed by atoms with Crippen LogP contribution in [-0.2, 0) is 80.7 Å². The Morgan fingerprint density at radius 3 is 0.872 bits per heavy atom. The van der Waals surface area contributed by atoms with Gasteiger partial charge in [-0.1, -0.05) is 241 Å². The van der Waals surface area contributed by atoms with E-state index in [9.17, 15) is 16.5 Å². The first-order chi connectivity index (χ1) is 71.9. The van der Waals surface area contributed by atoms with Gasteiger partial charge >= 0.3 is 79.7 Å². The molecule has 22 saturated carbocycles. The number of nitrogens with zero attached hydrogens (tertiary/aromatic N) is 2. The number of quaternary nitrogens is 2. The fraction of sp³-hybridized carbons (Fsp3) is 0.897. The average molecular weight is 2240 g/mol. The molecular weight excluding hydrogens is 2050 g/mol. The average Bonchev–Trinajstić information content (AvgIpc) is 0.547. The molecule has 6 saturated heterocycles. The lowest BCUT2D eigenvalue weighted by molar-refractivity contribution is -0.913. The largest absolute Gasteiger partial charge is 0.664 e. The van der Waals surface area contributed by atoms with E-state index in [2.05, 4.69) is 143 Å². The highest BCUT2D eigenvalue weighted by Crippen LogP contribution is 3.16. The molecule has 30 rings (SSSR count). The number of benzene rings is 2. The van der Waals surface area contributed by atoms with Crippen LogP contribution in [0.1, 0.15) is 259 Å². The van der Waals surface area contributed by atoms with Crippen molar-refractivity contribution in [2.45, 2.75) is 334 Å². The van der Waals surface area contributed by atoms with Gasteiger partial charge in [0.05, 0.1) is 53.4 Å². The fourth-order valence-electron chi connectivity index (χ4n) is 48.2. The van der Waals surface area contributed by atoms with E-state index in [1.807, 2.05) is 28.4 Å². The van der Waals surface area contributed by atoms with Crippen molar-refractivity contribution in [3.05, 3.63) is 60.7 Å². The molecule has 33 heteroatoms. The number of hydrogen-bond acceptors (Lipinski definition) is 20. The third-order valence-electron chi connectivity index (χ3n) is 53.7. The van der Waals surface area contributed by atoms with Gasteiger partial charge < -0.3 is 94.4 Å². The second-order valence-corrected chi connectivity index (χ2v) is 93.2. The predicted octanol–water partition coefficient (Wildman–Crippen LogP) is 21.9. The monoisotopic (exact) mass is 2240 g/mol. The second kappa shape index (κ2) is 35.5. The summed E-state index contributed by atoms with van der Waals surface area (Å²) in [5.41, 5.74) is 0. The number of unbranched alkanes of at least 4 members (excludes halogenated alkanes) is 26. The topological polar surface area (TPSA) is 196 Å². The summed E-state index contributed by atoms with van der Waals surface area (Å²) in [6, 6.07) is 23.7. The van der Waals surface area contributed by atoms with Crippen molar-refractivity contribution in [2.75, 3.05) is 98.2 Å². The maximum absolute atomic E-state index is 16.8. The zero-order valence-electron chi connectivity index (χ0n) is 94.7. The van der Waals surface area contributed by atoms with Crippen LogP contribution in [0, 0.1) is 219 Å². The number of rotatable bonds is 62. The summed E-state index contributed by atoms with van der Waals surface area (Å²) in [5.74, 6) is 19.2. The van der Waals surface area contributed by atoms with Crippen LogP contribution < -0.4 is 10.4 Å². The molecule has 22 aliphatic carbocycles. The highest BCUT2D eigenvalue weighted by atomic mass is 28.6. The minimum atomic E-state index is -4.91. The molecule has 2 bridgehead atoms. The fourth-order valence-corrected chi connectivity index (χ4v) is 106. The molecule has 0 aromatic heterocycles. The lowest BCUT2D eigenvalue weighted by atomic mass is 9.02. The molecule has 0 radical (unpaired) electrons. The molecule has 7 spiro atoms. The van der Waals surface area contributed by atoms with E-state index in [1.54, 1.807) is 28.4 Å². The molecule has 22 nitrogen and oxygen atoms in total. The van der Waals surface area contributed by atoms with Crippen LogP contribution in [0.4, 0.5) is 0 Å². The molecule has 2 aromatic carbocycles. The van der Waals surface area contributed by atoms with Crippen LogP contribution in [-0.4, -0.2) is 220 Å². The molecule has 1 N–H and O–H groups in total. The Morgan fingerprint density at radius 1 is 0.309 bits per heavy atom. The van der Waals surface area contributed by atoms with Crippen molar-refractivity contribution in [1.82, 2.24) is 0 Å². The van der Waals surface area contributed by atoms with Crippen LogP contribution in [0.15, 0.2) is 60.7 Å². The normalized spacial score (nSPS) is 50.3. The van der Waals surface area contributed by atoms with Gasteiger partial charge in [-0.05, 0) is 321 Å². The molecule has 2 aromatic rings.